The molecule has 2 heterocycles. The van der Waals surface area contributed by atoms with Gasteiger partial charge >= 0.3 is 0 Å². The number of nitrogens with one attached hydrogen (secondary N) is 1. The molecule has 0 amide bonds. The van der Waals surface area contributed by atoms with E-state index < -0.39 is 0 Å². The van der Waals surface area contributed by atoms with E-state index in [1.807, 2.05) is 23.5 Å². The Bertz CT molecular complexity index is 1220. The monoisotopic (exact) mass is 527 g/mol. The molecule has 2 atom stereocenters. The minimum atomic E-state index is 0.441. The first kappa shape index (κ1) is 26.0. The van der Waals surface area contributed by atoms with E-state index in [1.54, 1.807) is 0 Å². The molecule has 0 bridgehead atoms. The lowest BCUT2D eigenvalue weighted by Gasteiger charge is -2.25. The molecule has 5 heteroatoms. The van der Waals surface area contributed by atoms with Gasteiger partial charge in [0.15, 0.2) is 0 Å². The van der Waals surface area contributed by atoms with Crippen molar-refractivity contribution in [3.05, 3.63) is 108 Å². The van der Waals surface area contributed by atoms with Crippen LogP contribution in [0.15, 0.2) is 91.3 Å². The van der Waals surface area contributed by atoms with Crippen LogP contribution < -0.4 is 5.32 Å². The van der Waals surface area contributed by atoms with Gasteiger partial charge in [0, 0.05) is 35.8 Å². The van der Waals surface area contributed by atoms with Crippen molar-refractivity contribution in [3.63, 3.8) is 0 Å². The van der Waals surface area contributed by atoms with E-state index in [0.29, 0.717) is 10.7 Å². The summed E-state index contributed by atoms with van der Waals surface area (Å²) < 4.78 is 0. The molecule has 5 rings (SSSR count). The van der Waals surface area contributed by atoms with Crippen molar-refractivity contribution in [1.82, 2.24) is 15.1 Å². The van der Waals surface area contributed by atoms with Gasteiger partial charge in [0.25, 0.3) is 0 Å². The Morgan fingerprint density at radius 2 is 1.43 bits per heavy atom. The van der Waals surface area contributed by atoms with Crippen LogP contribution in [0.2, 0.25) is 0 Å². The molecule has 3 nitrogen and oxygen atoms in total. The molecule has 0 spiro atoms. The van der Waals surface area contributed by atoms with E-state index >= 15 is 0 Å². The van der Waals surface area contributed by atoms with Crippen LogP contribution in [-0.4, -0.2) is 47.7 Å². The molecule has 2 aliphatic rings. The second-order valence-corrected chi connectivity index (χ2v) is 12.4. The number of hydrogen-bond donors (Lipinski definition) is 1. The van der Waals surface area contributed by atoms with Gasteiger partial charge in [-0.2, -0.15) is 0 Å². The maximum Gasteiger partial charge on any atom is 0.0916 e. The Hall–Kier alpha value is -2.60. The second kappa shape index (κ2) is 12.3. The molecule has 37 heavy (non-hydrogen) atoms. The number of nitrogens with zero attached hydrogens (tertiary/aromatic N) is 2. The Balaban J connectivity index is 1.16. The molecule has 0 aliphatic carbocycles. The number of rotatable bonds is 10. The van der Waals surface area contributed by atoms with Crippen LogP contribution in [0.5, 0.6) is 0 Å². The van der Waals surface area contributed by atoms with Gasteiger partial charge in [0.2, 0.25) is 0 Å². The smallest absolute Gasteiger partial charge is 0.0916 e. The van der Waals surface area contributed by atoms with Crippen molar-refractivity contribution >= 4 is 33.3 Å². The van der Waals surface area contributed by atoms with Crippen LogP contribution in [-0.2, 0) is 6.42 Å². The van der Waals surface area contributed by atoms with E-state index in [1.165, 1.54) is 44.0 Å². The SMILES string of the molecule is CCCN(C)CC1SC(c2ccc(-c3ccc(C4=CNC(CCc5ccccc5)S4)cc3)cc2)=CN1C. The second-order valence-electron chi connectivity index (χ2n) is 9.95. The summed E-state index contributed by atoms with van der Waals surface area (Å²) in [5.74, 6) is 0. The molecule has 0 saturated heterocycles. The van der Waals surface area contributed by atoms with Crippen LogP contribution >= 0.6 is 23.5 Å². The molecule has 2 unspecified atom stereocenters. The summed E-state index contributed by atoms with van der Waals surface area (Å²) in [7, 11) is 4.41. The predicted molar refractivity (Wildman–Crippen MR) is 164 cm³/mol. The van der Waals surface area contributed by atoms with Crippen LogP contribution in [0.25, 0.3) is 20.9 Å². The van der Waals surface area contributed by atoms with Crippen molar-refractivity contribution in [2.75, 3.05) is 27.2 Å². The van der Waals surface area contributed by atoms with Gasteiger partial charge in [-0.3, -0.25) is 0 Å². The van der Waals surface area contributed by atoms with E-state index in [-0.39, 0.29) is 0 Å². The summed E-state index contributed by atoms with van der Waals surface area (Å²) in [4.78, 5) is 7.47. The van der Waals surface area contributed by atoms with Gasteiger partial charge in [-0.1, -0.05) is 109 Å². The van der Waals surface area contributed by atoms with E-state index in [4.69, 9.17) is 0 Å². The first-order chi connectivity index (χ1) is 18.1. The van der Waals surface area contributed by atoms with Crippen LogP contribution in [0, 0.1) is 0 Å². The third-order valence-corrected chi connectivity index (χ3v) is 9.60. The zero-order valence-electron chi connectivity index (χ0n) is 22.1. The van der Waals surface area contributed by atoms with Crippen molar-refractivity contribution in [2.45, 2.75) is 36.9 Å². The first-order valence-electron chi connectivity index (χ1n) is 13.3. The summed E-state index contributed by atoms with van der Waals surface area (Å²) in [6.45, 7) is 4.47. The van der Waals surface area contributed by atoms with Crippen molar-refractivity contribution in [2.24, 2.45) is 0 Å². The average Bonchev–Trinajstić information content (AvgIpc) is 3.55. The molecule has 3 aromatic rings. The predicted octanol–water partition coefficient (Wildman–Crippen LogP) is 7.59. The third kappa shape index (κ3) is 6.64. The fourth-order valence-corrected chi connectivity index (χ4v) is 7.29. The lowest BCUT2D eigenvalue weighted by atomic mass is 10.0. The number of likely N-dealkylation sites (N-methyl/N-ethyl adjacent to an activating group) is 2. The third-order valence-electron chi connectivity index (χ3n) is 6.99. The quantitative estimate of drug-likeness (QED) is 0.292. The number of thioether (sulfide) groups is 2. The van der Waals surface area contributed by atoms with E-state index in [0.717, 1.165) is 25.9 Å². The molecule has 0 saturated carbocycles. The zero-order chi connectivity index (χ0) is 25.6. The normalized spacial score (nSPS) is 19.2. The summed E-state index contributed by atoms with van der Waals surface area (Å²) in [5.41, 5.74) is 6.52. The number of hydrogen-bond acceptors (Lipinski definition) is 5. The van der Waals surface area contributed by atoms with E-state index in [2.05, 4.69) is 127 Å². The fourth-order valence-electron chi connectivity index (χ4n) is 4.86. The van der Waals surface area contributed by atoms with E-state index in [9.17, 15) is 0 Å². The van der Waals surface area contributed by atoms with Gasteiger partial charge in [-0.05, 0) is 60.7 Å². The van der Waals surface area contributed by atoms with Crippen LogP contribution in [0.4, 0.5) is 0 Å². The lowest BCUT2D eigenvalue weighted by Crippen LogP contribution is -2.34. The Morgan fingerprint density at radius 1 is 0.811 bits per heavy atom. The maximum atomic E-state index is 3.56. The molecule has 192 valence electrons. The lowest BCUT2D eigenvalue weighted by molar-refractivity contribution is 0.281. The summed E-state index contributed by atoms with van der Waals surface area (Å²) in [6, 6.07) is 28.8. The van der Waals surface area contributed by atoms with Gasteiger partial charge in [0.05, 0.1) is 10.7 Å². The summed E-state index contributed by atoms with van der Waals surface area (Å²) in [5, 5.41) is 4.49. The molecule has 0 radical (unpaired) electrons. The molecule has 1 N–H and O–H groups in total. The highest BCUT2D eigenvalue weighted by Gasteiger charge is 2.24. The molecule has 3 aromatic carbocycles. The molecule has 0 fully saturated rings. The molecule has 0 aromatic heterocycles. The van der Waals surface area contributed by atoms with Gasteiger partial charge in [-0.15, -0.1) is 0 Å². The summed E-state index contributed by atoms with van der Waals surface area (Å²) in [6.07, 6.45) is 7.90. The highest BCUT2D eigenvalue weighted by Crippen LogP contribution is 2.40. The molecule has 2 aliphatic heterocycles. The van der Waals surface area contributed by atoms with Crippen molar-refractivity contribution < 1.29 is 0 Å². The molecular formula is C32H37N3S2. The topological polar surface area (TPSA) is 18.5 Å². The Morgan fingerprint density at radius 3 is 2.08 bits per heavy atom. The average molecular weight is 528 g/mol. The fraction of sp³-hybridized carbons (Fsp3) is 0.312. The standard InChI is InChI=1S/C32H37N3S2/c1-4-20-34(2)23-32-35(3)22-30(37-32)28-17-13-26(14-18-28)25-11-15-27(16-12-25)29-21-33-31(36-29)19-10-24-8-6-5-7-9-24/h5-9,11-18,21-22,31-33H,4,10,19-20,23H2,1-3H3. The van der Waals surface area contributed by atoms with Crippen molar-refractivity contribution in [3.8, 4) is 11.1 Å². The zero-order valence-corrected chi connectivity index (χ0v) is 23.7. The van der Waals surface area contributed by atoms with Gasteiger partial charge < -0.3 is 15.1 Å². The minimum Gasteiger partial charge on any atom is -0.378 e. The summed E-state index contributed by atoms with van der Waals surface area (Å²) >= 11 is 3.92. The number of benzene rings is 3. The minimum absolute atomic E-state index is 0.441. The van der Waals surface area contributed by atoms with Crippen LogP contribution in [0.3, 0.4) is 0 Å². The molecular weight excluding hydrogens is 491 g/mol. The Labute approximate surface area is 231 Å². The van der Waals surface area contributed by atoms with Crippen LogP contribution in [0.1, 0.15) is 36.5 Å². The maximum absolute atomic E-state index is 3.56. The highest BCUT2D eigenvalue weighted by molar-refractivity contribution is 8.09. The first-order valence-corrected chi connectivity index (χ1v) is 15.0. The van der Waals surface area contributed by atoms with Gasteiger partial charge in [-0.25, -0.2) is 0 Å². The largest absolute Gasteiger partial charge is 0.378 e. The highest BCUT2D eigenvalue weighted by atomic mass is 32.2. The van der Waals surface area contributed by atoms with Crippen molar-refractivity contribution in [1.29, 1.82) is 0 Å². The number of aryl methyl sites for hydroxylation is 1. The van der Waals surface area contributed by atoms with Gasteiger partial charge in [0.1, 0.15) is 0 Å². The Kier molecular flexibility index (Phi) is 8.65.